The average molecular weight is 417 g/mol. The van der Waals surface area contributed by atoms with E-state index in [0.717, 1.165) is 41.9 Å². The molecule has 0 unspecified atom stereocenters. The van der Waals surface area contributed by atoms with E-state index in [0.29, 0.717) is 0 Å². The van der Waals surface area contributed by atoms with Crippen LogP contribution in [0.15, 0.2) is 49.0 Å². The lowest BCUT2D eigenvalue weighted by Crippen LogP contribution is -2.06. The van der Waals surface area contributed by atoms with Crippen LogP contribution in [0.3, 0.4) is 0 Å². The predicted molar refractivity (Wildman–Crippen MR) is 134 cm³/mol. The van der Waals surface area contributed by atoms with Gasteiger partial charge in [-0.3, -0.25) is 4.79 Å². The first-order chi connectivity index (χ1) is 15.0. The smallest absolute Gasteiger partial charge is 0.159 e. The minimum atomic E-state index is 0.117. The molecule has 0 spiro atoms. The fourth-order valence-corrected chi connectivity index (χ4v) is 5.00. The van der Waals surface area contributed by atoms with Crippen LogP contribution in [0.2, 0.25) is 0 Å². The summed E-state index contributed by atoms with van der Waals surface area (Å²) in [6, 6.07) is 15.4. The van der Waals surface area contributed by atoms with E-state index in [1.54, 1.807) is 6.92 Å². The number of carbonyl (C=O) groups excluding carboxylic acids is 1. The molecular weight excluding hydrogens is 376 g/mol. The molecule has 2 aromatic carbocycles. The Morgan fingerprint density at radius 2 is 1.45 bits per heavy atom. The molecule has 1 aliphatic carbocycles. The molecule has 166 valence electrons. The van der Waals surface area contributed by atoms with E-state index in [1.165, 1.54) is 74.5 Å². The van der Waals surface area contributed by atoms with Crippen molar-refractivity contribution in [1.82, 2.24) is 0 Å². The van der Waals surface area contributed by atoms with E-state index in [1.807, 2.05) is 19.1 Å². The van der Waals surface area contributed by atoms with Crippen LogP contribution in [0.5, 0.6) is 0 Å². The van der Waals surface area contributed by atoms with Gasteiger partial charge in [-0.15, -0.1) is 0 Å². The van der Waals surface area contributed by atoms with Gasteiger partial charge in [0, 0.05) is 5.56 Å². The minimum absolute atomic E-state index is 0.117. The van der Waals surface area contributed by atoms with Gasteiger partial charge >= 0.3 is 0 Å². The number of Topliss-reactive ketones (excluding diaryl/α,β-unsaturated/α-hetero) is 1. The number of rotatable bonds is 11. The van der Waals surface area contributed by atoms with Crippen molar-refractivity contribution < 1.29 is 4.79 Å². The van der Waals surface area contributed by atoms with E-state index in [4.69, 9.17) is 0 Å². The van der Waals surface area contributed by atoms with Crippen molar-refractivity contribution in [3.63, 3.8) is 0 Å². The average Bonchev–Trinajstić information content (AvgIpc) is 2.78. The molecule has 0 amide bonds. The number of hydrogen-bond donors (Lipinski definition) is 0. The molecule has 0 atom stereocenters. The van der Waals surface area contributed by atoms with Gasteiger partial charge < -0.3 is 0 Å². The van der Waals surface area contributed by atoms with Crippen LogP contribution < -0.4 is 0 Å². The van der Waals surface area contributed by atoms with E-state index < -0.39 is 0 Å². The maximum absolute atomic E-state index is 11.7. The second kappa shape index (κ2) is 12.0. The highest BCUT2D eigenvalue weighted by molar-refractivity contribution is 5.95. The van der Waals surface area contributed by atoms with Crippen LogP contribution in [0.4, 0.5) is 0 Å². The summed E-state index contributed by atoms with van der Waals surface area (Å²) in [6.07, 6.45) is 15.8. The lowest BCUT2D eigenvalue weighted by Gasteiger charge is -2.21. The van der Waals surface area contributed by atoms with Crippen LogP contribution >= 0.6 is 0 Å². The van der Waals surface area contributed by atoms with E-state index in [-0.39, 0.29) is 5.78 Å². The molecule has 2 aromatic rings. The van der Waals surface area contributed by atoms with E-state index >= 15 is 0 Å². The fourth-order valence-electron chi connectivity index (χ4n) is 5.00. The second-order valence-corrected chi connectivity index (χ2v) is 9.63. The number of aryl methyl sites for hydroxylation is 3. The summed E-state index contributed by atoms with van der Waals surface area (Å²) in [5.41, 5.74) is 7.22. The minimum Gasteiger partial charge on any atom is -0.295 e. The van der Waals surface area contributed by atoms with Gasteiger partial charge in [-0.1, -0.05) is 87.1 Å². The van der Waals surface area contributed by atoms with Crippen LogP contribution in [-0.2, 0) is 19.3 Å². The Balaban J connectivity index is 1.40. The summed E-state index contributed by atoms with van der Waals surface area (Å²) in [5, 5.41) is 0. The Kier molecular flexibility index (Phi) is 9.13. The Labute approximate surface area is 190 Å². The number of allylic oxidation sites excluding steroid dienone is 1. The van der Waals surface area contributed by atoms with Gasteiger partial charge in [-0.05, 0) is 86.6 Å². The zero-order chi connectivity index (χ0) is 22.1. The van der Waals surface area contributed by atoms with Crippen molar-refractivity contribution in [2.75, 3.05) is 0 Å². The van der Waals surface area contributed by atoms with Crippen molar-refractivity contribution in [1.29, 1.82) is 0 Å². The molecule has 0 aromatic heterocycles. The van der Waals surface area contributed by atoms with Crippen LogP contribution in [0.1, 0.15) is 104 Å². The molecule has 0 aliphatic heterocycles. The molecule has 31 heavy (non-hydrogen) atoms. The lowest BCUT2D eigenvalue weighted by atomic mass is 9.85. The number of benzene rings is 2. The first kappa shape index (κ1) is 23.5. The third kappa shape index (κ3) is 7.49. The fraction of sp³-hybridized carbons (Fsp3) is 0.500. The Hall–Kier alpha value is -2.15. The molecule has 0 saturated heterocycles. The molecule has 0 radical (unpaired) electrons. The topological polar surface area (TPSA) is 17.1 Å². The highest BCUT2D eigenvalue weighted by Gasteiger charge is 2.12. The van der Waals surface area contributed by atoms with Gasteiger partial charge in [0.05, 0.1) is 0 Å². The quantitative estimate of drug-likeness (QED) is 0.265. The summed E-state index contributed by atoms with van der Waals surface area (Å²) in [4.78, 5) is 11.7. The molecule has 1 nitrogen and oxygen atoms in total. The number of hydrogen-bond acceptors (Lipinski definition) is 1. The summed E-state index contributed by atoms with van der Waals surface area (Å²) < 4.78 is 0. The lowest BCUT2D eigenvalue weighted by molar-refractivity contribution is 0.101. The summed E-state index contributed by atoms with van der Waals surface area (Å²) >= 11 is 0. The van der Waals surface area contributed by atoms with E-state index in [2.05, 4.69) is 36.9 Å². The largest absolute Gasteiger partial charge is 0.295 e. The highest BCUT2D eigenvalue weighted by Crippen LogP contribution is 2.28. The normalized spacial score (nSPS) is 14.5. The number of ketones is 1. The predicted octanol–water partition coefficient (Wildman–Crippen LogP) is 8.39. The molecule has 3 rings (SSSR count). The second-order valence-electron chi connectivity index (χ2n) is 9.63. The van der Waals surface area contributed by atoms with Crippen molar-refractivity contribution in [3.05, 3.63) is 76.9 Å². The summed E-state index contributed by atoms with van der Waals surface area (Å²) in [5.74, 6) is 1.11. The maximum atomic E-state index is 11.7. The zero-order valence-corrected chi connectivity index (χ0v) is 19.7. The van der Waals surface area contributed by atoms with Gasteiger partial charge in [0.2, 0.25) is 0 Å². The summed E-state index contributed by atoms with van der Waals surface area (Å²) in [6.45, 7) is 7.76. The number of unbranched alkanes of at least 4 members (excludes halogenated alkanes) is 1. The molecule has 1 fully saturated rings. The van der Waals surface area contributed by atoms with Gasteiger partial charge in [0.1, 0.15) is 0 Å². The van der Waals surface area contributed by atoms with Crippen molar-refractivity contribution >= 4 is 11.4 Å². The number of carbonyl (C=O) groups is 1. The van der Waals surface area contributed by atoms with Crippen LogP contribution in [0, 0.1) is 5.92 Å². The van der Waals surface area contributed by atoms with Crippen LogP contribution in [-0.4, -0.2) is 5.78 Å². The Morgan fingerprint density at radius 3 is 2.06 bits per heavy atom. The third-order valence-corrected chi connectivity index (χ3v) is 6.96. The summed E-state index contributed by atoms with van der Waals surface area (Å²) in [7, 11) is 0. The molecule has 1 heteroatoms. The first-order valence-corrected chi connectivity index (χ1v) is 12.4. The Morgan fingerprint density at radius 1 is 0.839 bits per heavy atom. The third-order valence-electron chi connectivity index (χ3n) is 6.96. The molecule has 0 N–H and O–H groups in total. The van der Waals surface area contributed by atoms with Gasteiger partial charge in [0.15, 0.2) is 5.78 Å². The maximum Gasteiger partial charge on any atom is 0.159 e. The Bertz CT molecular complexity index is 852. The molecular formula is C30H40O. The SMILES string of the molecule is C=C(C)c1cc(C(C)=O)ccc1CCCCc1ccc(CCCC2CCCCC2)cc1. The molecule has 0 heterocycles. The zero-order valence-electron chi connectivity index (χ0n) is 19.7. The van der Waals surface area contributed by atoms with Crippen molar-refractivity contribution in [3.8, 4) is 0 Å². The van der Waals surface area contributed by atoms with Gasteiger partial charge in [-0.2, -0.15) is 0 Å². The van der Waals surface area contributed by atoms with E-state index in [9.17, 15) is 4.79 Å². The van der Waals surface area contributed by atoms with Crippen molar-refractivity contribution in [2.24, 2.45) is 5.92 Å². The first-order valence-electron chi connectivity index (χ1n) is 12.4. The monoisotopic (exact) mass is 416 g/mol. The molecule has 1 saturated carbocycles. The van der Waals surface area contributed by atoms with Gasteiger partial charge in [0.25, 0.3) is 0 Å². The highest BCUT2D eigenvalue weighted by atomic mass is 16.1. The molecule has 1 aliphatic rings. The van der Waals surface area contributed by atoms with Gasteiger partial charge in [-0.25, -0.2) is 0 Å². The van der Waals surface area contributed by atoms with Crippen LogP contribution in [0.25, 0.3) is 5.57 Å². The molecule has 0 bridgehead atoms. The van der Waals surface area contributed by atoms with Crippen molar-refractivity contribution in [2.45, 2.75) is 90.9 Å². The standard InChI is InChI=1S/C30H40O/c1-23(2)30-22-29(24(3)31)21-20-28(30)15-8-7-12-26-16-18-27(19-17-26)14-9-13-25-10-5-4-6-11-25/h16-22,25H,1,4-15H2,2-3H3.